The fourth-order valence-corrected chi connectivity index (χ4v) is 10.1. The van der Waals surface area contributed by atoms with Gasteiger partial charge in [-0.15, -0.1) is 0 Å². The van der Waals surface area contributed by atoms with Crippen molar-refractivity contribution in [3.8, 4) is 0 Å². The third-order valence-corrected chi connectivity index (χ3v) is 14.9. The molecular weight excluding hydrogens is 1160 g/mol. The van der Waals surface area contributed by atoms with Crippen LogP contribution in [0.2, 0.25) is 0 Å². The van der Waals surface area contributed by atoms with E-state index in [4.69, 9.17) is 56.8 Å². The fraction of sp³-hybridized carbons (Fsp3) is 0.935. The molecule has 23 N–H and O–H groups in total. The molecule has 2 amide bonds. The molecule has 38 nitrogen and oxygen atoms in total. The van der Waals surface area contributed by atoms with Crippen LogP contribution in [0, 0.1) is 0 Å². The summed E-state index contributed by atoms with van der Waals surface area (Å²) >= 11 is 0. The van der Waals surface area contributed by atoms with E-state index in [0.717, 1.165) is 13.8 Å². The predicted molar refractivity (Wildman–Crippen MR) is 256 cm³/mol. The minimum atomic E-state index is -2.37. The minimum absolute atomic E-state index is 0.0604. The number of rotatable bonds is 25. The summed E-state index contributed by atoms with van der Waals surface area (Å²) < 4.78 is 68.5. The van der Waals surface area contributed by atoms with Crippen LogP contribution in [0.15, 0.2) is 0 Å². The summed E-state index contributed by atoms with van der Waals surface area (Å²) in [6.07, 6.45) is -65.0. The lowest BCUT2D eigenvalue weighted by atomic mass is 9.94. The topological polar surface area (TPSA) is 611 Å². The van der Waals surface area contributed by atoms with Crippen molar-refractivity contribution in [1.82, 2.24) is 10.6 Å². The van der Waals surface area contributed by atoms with Gasteiger partial charge in [-0.1, -0.05) is 0 Å². The van der Waals surface area contributed by atoms with E-state index >= 15 is 0 Å². The molecule has 0 spiro atoms. The lowest BCUT2D eigenvalue weighted by molar-refractivity contribution is -0.386. The average Bonchev–Trinajstić information content (AvgIpc) is 2.62. The van der Waals surface area contributed by atoms with Gasteiger partial charge in [-0.2, -0.15) is 0 Å². The van der Waals surface area contributed by atoms with Gasteiger partial charge in [0, 0.05) is 13.8 Å². The molecule has 0 bridgehead atoms. The largest absolute Gasteiger partial charge is 0.394 e. The second-order valence-corrected chi connectivity index (χ2v) is 20.8. The zero-order valence-corrected chi connectivity index (χ0v) is 44.7. The van der Waals surface area contributed by atoms with Crippen LogP contribution in [0.4, 0.5) is 0 Å². The number of aliphatic hydroxyl groups is 21. The second kappa shape index (κ2) is 31.2. The first-order chi connectivity index (χ1) is 39.7. The molecule has 0 aromatic rings. The highest BCUT2D eigenvalue weighted by atomic mass is 16.8. The average molecular weight is 1240 g/mol. The Morgan fingerprint density at radius 1 is 0.440 bits per heavy atom. The van der Waals surface area contributed by atoms with Gasteiger partial charge in [0.25, 0.3) is 0 Å². The van der Waals surface area contributed by atoms with E-state index < -0.39 is 267 Å². The SMILES string of the molecule is CC(=O)N[C@H]1[C@H](O[C@@H]([C@H](O)[C@H](C=O)NC(C)=O)[C@H](O)CO)O[C@H](CO)[C@@H](O[C@@H]2O[C@H](CO[C@H]3O[C@H](CO[C@H]4O[C@H](CO)[C@@H](O)[C@H](O)[C@@H]4O)[C@@H](O)[C@H](O[C@H]4O[C@H](CO)[C@@H](O)[C@H](O)[C@@H]4O)[C@@H]3O)[C@@H](O)[C@H](O[C@H]3O[C@H](CO)[C@@H](O)[C@H](O)[C@@H]3O)[C@@H]2O)[C@@H]1O. The molecule has 0 unspecified atom stereocenters. The lowest BCUT2D eigenvalue weighted by Gasteiger charge is -2.49. The molecule has 0 aromatic heterocycles. The molecule has 34 atom stereocenters. The van der Waals surface area contributed by atoms with Crippen LogP contribution in [0.5, 0.6) is 0 Å². The Kier molecular flexibility index (Phi) is 26.1. The van der Waals surface area contributed by atoms with Gasteiger partial charge in [-0.3, -0.25) is 9.59 Å². The molecule has 84 heavy (non-hydrogen) atoms. The minimum Gasteiger partial charge on any atom is -0.394 e. The zero-order valence-electron chi connectivity index (χ0n) is 44.7. The van der Waals surface area contributed by atoms with Gasteiger partial charge >= 0.3 is 0 Å². The molecule has 0 aromatic carbocycles. The van der Waals surface area contributed by atoms with Crippen molar-refractivity contribution in [2.45, 2.75) is 222 Å². The Morgan fingerprint density at radius 2 is 0.810 bits per heavy atom. The van der Waals surface area contributed by atoms with E-state index in [1.807, 2.05) is 0 Å². The summed E-state index contributed by atoms with van der Waals surface area (Å²) in [6.45, 7) is -5.26. The molecule has 6 aliphatic rings. The van der Waals surface area contributed by atoms with Gasteiger partial charge in [0.05, 0.1) is 46.2 Å². The number of carbonyl (C=O) groups is 3. The standard InChI is InChI=1S/C46H78N2O36/c1-11(55)47-13(3-49)22(58)37(14(57)4-50)81-41-21(48-12(2)56)28(64)38(18(8-54)78-41)82-46-36(72)40(84-45-34(70)31(67)25(61)17(7-53)77-45)27(63)20(80-46)10-74-43-35(71)39(83-44-33(69)30(66)24(60)16(6-52)76-44)26(62)19(79-43)9-73-42-32(68)29(65)23(59)15(5-51)75-42/h3,13-46,50-54,57-72H,4-10H2,1-2H3,(H,47,55)(H,48,56)/t13-,14+,15+,16+,17+,18+,19+,20+,21+,22+,23+,24+,25+,26+,27+,28+,29-,30-,31-,32-,33-,34-,35-,36-,37+,38+,39-,40-,41-,42-,43-,44+,45+,46-/m0/s1. The molecule has 0 saturated carbocycles. The first-order valence-electron chi connectivity index (χ1n) is 26.4. The van der Waals surface area contributed by atoms with Crippen molar-refractivity contribution in [2.75, 3.05) is 46.2 Å². The van der Waals surface area contributed by atoms with E-state index in [2.05, 4.69) is 10.6 Å². The van der Waals surface area contributed by atoms with Crippen molar-refractivity contribution in [3.05, 3.63) is 0 Å². The Labute approximate surface area is 475 Å². The lowest BCUT2D eigenvalue weighted by Crippen LogP contribution is -2.69. The van der Waals surface area contributed by atoms with E-state index in [-0.39, 0.29) is 6.29 Å². The Hall–Kier alpha value is -2.71. The third kappa shape index (κ3) is 15.8. The van der Waals surface area contributed by atoms with Crippen molar-refractivity contribution in [2.24, 2.45) is 0 Å². The molecule has 6 aliphatic heterocycles. The van der Waals surface area contributed by atoms with Gasteiger partial charge in [0.2, 0.25) is 11.8 Å². The molecule has 6 rings (SSSR count). The number of aliphatic hydroxyl groups excluding tert-OH is 21. The molecule has 488 valence electrons. The maximum absolute atomic E-state index is 12.6. The number of carbonyl (C=O) groups excluding carboxylic acids is 3. The van der Waals surface area contributed by atoms with Crippen LogP contribution < -0.4 is 10.6 Å². The highest BCUT2D eigenvalue weighted by Gasteiger charge is 2.57. The molecule has 0 radical (unpaired) electrons. The smallest absolute Gasteiger partial charge is 0.217 e. The number of aldehydes is 1. The number of hydrogen-bond donors (Lipinski definition) is 23. The van der Waals surface area contributed by atoms with E-state index in [9.17, 15) is 122 Å². The van der Waals surface area contributed by atoms with Gasteiger partial charge in [-0.25, -0.2) is 0 Å². The van der Waals surface area contributed by atoms with Crippen molar-refractivity contribution < 1.29 is 178 Å². The third-order valence-electron chi connectivity index (χ3n) is 14.9. The highest BCUT2D eigenvalue weighted by molar-refractivity contribution is 5.77. The van der Waals surface area contributed by atoms with Crippen LogP contribution >= 0.6 is 0 Å². The molecular formula is C46H78N2O36. The van der Waals surface area contributed by atoms with E-state index in [1.165, 1.54) is 0 Å². The molecule has 38 heteroatoms. The number of nitrogens with one attached hydrogen (secondary N) is 2. The molecule has 6 saturated heterocycles. The zero-order chi connectivity index (χ0) is 62.3. The van der Waals surface area contributed by atoms with Gasteiger partial charge in [0.1, 0.15) is 177 Å². The first kappa shape index (κ1) is 70.4. The van der Waals surface area contributed by atoms with Crippen LogP contribution in [0.1, 0.15) is 13.8 Å². The quantitative estimate of drug-likeness (QED) is 0.0377. The van der Waals surface area contributed by atoms with Crippen LogP contribution in [-0.4, -0.2) is 380 Å². The monoisotopic (exact) mass is 1230 g/mol. The van der Waals surface area contributed by atoms with E-state index in [0.29, 0.717) is 0 Å². The van der Waals surface area contributed by atoms with Crippen LogP contribution in [0.25, 0.3) is 0 Å². The number of ether oxygens (including phenoxy) is 12. The fourth-order valence-electron chi connectivity index (χ4n) is 10.1. The van der Waals surface area contributed by atoms with Crippen molar-refractivity contribution in [1.29, 1.82) is 0 Å². The number of amides is 2. The summed E-state index contributed by atoms with van der Waals surface area (Å²) in [7, 11) is 0. The summed E-state index contributed by atoms with van der Waals surface area (Å²) in [4.78, 5) is 36.3. The summed E-state index contributed by atoms with van der Waals surface area (Å²) in [5, 5.41) is 230. The Balaban J connectivity index is 1.31. The summed E-state index contributed by atoms with van der Waals surface area (Å²) in [5.41, 5.74) is 0. The van der Waals surface area contributed by atoms with Crippen molar-refractivity contribution >= 4 is 18.1 Å². The summed E-state index contributed by atoms with van der Waals surface area (Å²) in [5.74, 6) is -1.76. The van der Waals surface area contributed by atoms with Gasteiger partial charge in [-0.05, 0) is 0 Å². The maximum atomic E-state index is 12.6. The molecule has 6 fully saturated rings. The molecule has 6 heterocycles. The molecule has 0 aliphatic carbocycles. The second-order valence-electron chi connectivity index (χ2n) is 20.8. The Morgan fingerprint density at radius 3 is 1.23 bits per heavy atom. The van der Waals surface area contributed by atoms with Crippen LogP contribution in [-0.2, 0) is 71.2 Å². The van der Waals surface area contributed by atoms with Crippen molar-refractivity contribution in [3.63, 3.8) is 0 Å². The maximum Gasteiger partial charge on any atom is 0.217 e. The highest BCUT2D eigenvalue weighted by Crippen LogP contribution is 2.36. The normalized spacial score (nSPS) is 46.3. The van der Waals surface area contributed by atoms with Gasteiger partial charge in [0.15, 0.2) is 37.7 Å². The van der Waals surface area contributed by atoms with E-state index in [1.54, 1.807) is 0 Å². The predicted octanol–water partition coefficient (Wildman–Crippen LogP) is -16.1. The number of hydrogen-bond acceptors (Lipinski definition) is 36. The van der Waals surface area contributed by atoms with Gasteiger partial charge < -0.3 is 180 Å². The summed E-state index contributed by atoms with van der Waals surface area (Å²) in [6, 6.07) is -3.69. The first-order valence-corrected chi connectivity index (χ1v) is 26.4. The van der Waals surface area contributed by atoms with Crippen LogP contribution in [0.3, 0.4) is 0 Å². The Bertz CT molecular complexity index is 2040.